The van der Waals surface area contributed by atoms with Crippen LogP contribution in [0.5, 0.6) is 0 Å². The van der Waals surface area contributed by atoms with E-state index in [1.165, 1.54) is 0 Å². The Kier molecular flexibility index (Phi) is 5.02. The van der Waals surface area contributed by atoms with Crippen LogP contribution in [0.1, 0.15) is 58.3 Å². The highest BCUT2D eigenvalue weighted by Gasteiger charge is 2.39. The minimum absolute atomic E-state index is 0.00806. The molecule has 1 aliphatic carbocycles. The first-order chi connectivity index (χ1) is 9.54. The largest absolute Gasteiger partial charge is 0.481 e. The molecule has 0 bridgehead atoms. The third-order valence-corrected chi connectivity index (χ3v) is 4.84. The van der Waals surface area contributed by atoms with Crippen molar-refractivity contribution in [1.29, 1.82) is 0 Å². The van der Waals surface area contributed by atoms with Crippen LogP contribution in [0.15, 0.2) is 0 Å². The van der Waals surface area contributed by atoms with Crippen molar-refractivity contribution in [3.8, 4) is 0 Å². The Bertz CT molecular complexity index is 364. The molecule has 2 aliphatic rings. The Morgan fingerprint density at radius 3 is 2.65 bits per heavy atom. The van der Waals surface area contributed by atoms with Gasteiger partial charge in [0.15, 0.2) is 0 Å². The highest BCUT2D eigenvalue weighted by molar-refractivity contribution is 5.83. The van der Waals surface area contributed by atoms with Crippen LogP contribution in [-0.2, 0) is 9.59 Å². The van der Waals surface area contributed by atoms with Gasteiger partial charge in [0, 0.05) is 0 Å². The molecule has 0 aromatic carbocycles. The lowest BCUT2D eigenvalue weighted by molar-refractivity contribution is -0.139. The molecule has 1 amide bonds. The van der Waals surface area contributed by atoms with Crippen LogP contribution in [0, 0.1) is 5.92 Å². The lowest BCUT2D eigenvalue weighted by atomic mass is 9.88. The quantitative estimate of drug-likeness (QED) is 0.716. The van der Waals surface area contributed by atoms with E-state index in [4.69, 9.17) is 5.11 Å². The second-order valence-corrected chi connectivity index (χ2v) is 6.35. The average Bonchev–Trinajstić information content (AvgIpc) is 2.86. The SMILES string of the molecule is CCC1CCNC(C(=O)NC2(CC(=O)O)CCCC2)C1. The lowest BCUT2D eigenvalue weighted by Crippen LogP contribution is -2.56. The van der Waals surface area contributed by atoms with Crippen LogP contribution >= 0.6 is 0 Å². The maximum absolute atomic E-state index is 12.4. The summed E-state index contributed by atoms with van der Waals surface area (Å²) >= 11 is 0. The summed E-state index contributed by atoms with van der Waals surface area (Å²) in [5.41, 5.74) is -0.510. The maximum Gasteiger partial charge on any atom is 0.305 e. The first kappa shape index (κ1) is 15.3. The summed E-state index contributed by atoms with van der Waals surface area (Å²) in [7, 11) is 0. The van der Waals surface area contributed by atoms with Crippen molar-refractivity contribution >= 4 is 11.9 Å². The van der Waals surface area contributed by atoms with Crippen LogP contribution in [-0.4, -0.2) is 35.1 Å². The summed E-state index contributed by atoms with van der Waals surface area (Å²) < 4.78 is 0. The summed E-state index contributed by atoms with van der Waals surface area (Å²) in [6.07, 6.45) is 6.72. The van der Waals surface area contributed by atoms with E-state index in [1.807, 2.05) is 0 Å². The molecule has 1 heterocycles. The summed E-state index contributed by atoms with van der Waals surface area (Å²) in [6, 6.07) is -0.153. The second-order valence-electron chi connectivity index (χ2n) is 6.35. The smallest absolute Gasteiger partial charge is 0.305 e. The molecule has 1 saturated heterocycles. The Morgan fingerprint density at radius 2 is 2.05 bits per heavy atom. The predicted octanol–water partition coefficient (Wildman–Crippen LogP) is 1.67. The first-order valence-electron chi connectivity index (χ1n) is 7.82. The van der Waals surface area contributed by atoms with Gasteiger partial charge in [-0.25, -0.2) is 0 Å². The van der Waals surface area contributed by atoms with Crippen molar-refractivity contribution in [3.05, 3.63) is 0 Å². The number of piperidine rings is 1. The van der Waals surface area contributed by atoms with Crippen molar-refractivity contribution in [2.75, 3.05) is 6.54 Å². The van der Waals surface area contributed by atoms with Crippen LogP contribution in [0.2, 0.25) is 0 Å². The van der Waals surface area contributed by atoms with Gasteiger partial charge in [0.2, 0.25) is 5.91 Å². The lowest BCUT2D eigenvalue weighted by Gasteiger charge is -2.34. The summed E-state index contributed by atoms with van der Waals surface area (Å²) in [4.78, 5) is 23.5. The Morgan fingerprint density at radius 1 is 1.35 bits per heavy atom. The number of carboxylic acid groups (broad SMARTS) is 1. The van der Waals surface area contributed by atoms with Gasteiger partial charge in [-0.3, -0.25) is 9.59 Å². The van der Waals surface area contributed by atoms with Gasteiger partial charge in [-0.1, -0.05) is 26.2 Å². The molecule has 0 aromatic rings. The first-order valence-corrected chi connectivity index (χ1v) is 7.82. The fourth-order valence-corrected chi connectivity index (χ4v) is 3.60. The number of amides is 1. The van der Waals surface area contributed by atoms with Gasteiger partial charge in [-0.2, -0.15) is 0 Å². The van der Waals surface area contributed by atoms with E-state index in [-0.39, 0.29) is 18.4 Å². The van der Waals surface area contributed by atoms with Crippen LogP contribution in [0.25, 0.3) is 0 Å². The molecule has 2 fully saturated rings. The summed E-state index contributed by atoms with van der Waals surface area (Å²) in [6.45, 7) is 3.04. The molecular weight excluding hydrogens is 256 g/mol. The predicted molar refractivity (Wildman–Crippen MR) is 76.4 cm³/mol. The zero-order valence-corrected chi connectivity index (χ0v) is 12.3. The van der Waals surface area contributed by atoms with Crippen LogP contribution in [0.4, 0.5) is 0 Å². The number of hydrogen-bond donors (Lipinski definition) is 3. The number of carboxylic acids is 1. The average molecular weight is 282 g/mol. The van der Waals surface area contributed by atoms with Gasteiger partial charge in [-0.05, 0) is 38.1 Å². The molecule has 20 heavy (non-hydrogen) atoms. The maximum atomic E-state index is 12.4. The third-order valence-electron chi connectivity index (χ3n) is 4.84. The van der Waals surface area contributed by atoms with E-state index in [2.05, 4.69) is 17.6 Å². The number of hydrogen-bond acceptors (Lipinski definition) is 3. The van der Waals surface area contributed by atoms with E-state index in [1.54, 1.807) is 0 Å². The van der Waals surface area contributed by atoms with Gasteiger partial charge in [0.1, 0.15) is 0 Å². The molecule has 5 heteroatoms. The molecule has 2 rings (SSSR count). The molecule has 0 spiro atoms. The van der Waals surface area contributed by atoms with Gasteiger partial charge in [0.05, 0.1) is 18.0 Å². The number of carbonyl (C=O) groups is 2. The second kappa shape index (κ2) is 6.57. The highest BCUT2D eigenvalue weighted by Crippen LogP contribution is 2.33. The fourth-order valence-electron chi connectivity index (χ4n) is 3.60. The van der Waals surface area contributed by atoms with Crippen molar-refractivity contribution in [1.82, 2.24) is 10.6 Å². The van der Waals surface area contributed by atoms with Crippen molar-refractivity contribution in [2.24, 2.45) is 5.92 Å². The topological polar surface area (TPSA) is 78.4 Å². The summed E-state index contributed by atoms with van der Waals surface area (Å²) in [5.74, 6) is -0.229. The van der Waals surface area contributed by atoms with Gasteiger partial charge >= 0.3 is 5.97 Å². The minimum Gasteiger partial charge on any atom is -0.481 e. The van der Waals surface area contributed by atoms with Crippen molar-refractivity contribution < 1.29 is 14.7 Å². The molecule has 2 unspecified atom stereocenters. The van der Waals surface area contributed by atoms with E-state index < -0.39 is 11.5 Å². The fraction of sp³-hybridized carbons (Fsp3) is 0.867. The molecule has 114 valence electrons. The standard InChI is InChI=1S/C15H26N2O3/c1-2-11-5-8-16-12(9-11)14(20)17-15(10-13(18)19)6-3-4-7-15/h11-12,16H,2-10H2,1H3,(H,17,20)(H,18,19). The molecule has 1 aliphatic heterocycles. The number of rotatable bonds is 5. The summed E-state index contributed by atoms with van der Waals surface area (Å²) in [5, 5.41) is 15.4. The Balaban J connectivity index is 1.96. The zero-order valence-electron chi connectivity index (χ0n) is 12.3. The molecule has 2 atom stereocenters. The highest BCUT2D eigenvalue weighted by atomic mass is 16.4. The van der Waals surface area contributed by atoms with Gasteiger partial charge in [0.25, 0.3) is 0 Å². The zero-order chi connectivity index (χ0) is 14.6. The van der Waals surface area contributed by atoms with E-state index >= 15 is 0 Å². The van der Waals surface area contributed by atoms with Gasteiger partial charge < -0.3 is 15.7 Å². The van der Waals surface area contributed by atoms with E-state index in [9.17, 15) is 9.59 Å². The Hall–Kier alpha value is -1.10. The molecule has 5 nitrogen and oxygen atoms in total. The molecule has 0 radical (unpaired) electrons. The Labute approximate surface area is 120 Å². The van der Waals surface area contributed by atoms with Crippen LogP contribution < -0.4 is 10.6 Å². The monoisotopic (exact) mass is 282 g/mol. The molecular formula is C15H26N2O3. The van der Waals surface area contributed by atoms with Crippen molar-refractivity contribution in [3.63, 3.8) is 0 Å². The molecule has 1 saturated carbocycles. The van der Waals surface area contributed by atoms with Gasteiger partial charge in [-0.15, -0.1) is 0 Å². The normalized spacial score (nSPS) is 29.1. The van der Waals surface area contributed by atoms with Crippen molar-refractivity contribution in [2.45, 2.75) is 69.9 Å². The van der Waals surface area contributed by atoms with Crippen LogP contribution in [0.3, 0.4) is 0 Å². The molecule has 0 aromatic heterocycles. The third kappa shape index (κ3) is 3.72. The number of aliphatic carboxylic acids is 1. The number of nitrogens with one attached hydrogen (secondary N) is 2. The minimum atomic E-state index is -0.824. The molecule has 3 N–H and O–H groups in total. The van der Waals surface area contributed by atoms with E-state index in [0.717, 1.165) is 51.5 Å². The number of carbonyl (C=O) groups excluding carboxylic acids is 1. The van der Waals surface area contributed by atoms with E-state index in [0.29, 0.717) is 5.92 Å².